The molecule has 4 nitrogen and oxygen atoms in total. The molecule has 4 N–H and O–H groups in total. The first kappa shape index (κ1) is 9.23. The summed E-state index contributed by atoms with van der Waals surface area (Å²) < 4.78 is 0. The van der Waals surface area contributed by atoms with Crippen LogP contribution in [0.4, 0.5) is 0 Å². The van der Waals surface area contributed by atoms with Gasteiger partial charge >= 0.3 is 0 Å². The van der Waals surface area contributed by atoms with E-state index >= 15 is 0 Å². The molecule has 0 spiro atoms. The predicted molar refractivity (Wildman–Crippen MR) is 47.3 cm³/mol. The molecule has 1 rings (SSSR count). The molecule has 1 aromatic rings. The van der Waals surface area contributed by atoms with E-state index in [4.69, 9.17) is 16.7 Å². The van der Waals surface area contributed by atoms with Crippen molar-refractivity contribution in [3.8, 4) is 6.07 Å². The van der Waals surface area contributed by atoms with Crippen LogP contribution in [0.1, 0.15) is 17.2 Å². The molecule has 0 saturated carbocycles. The first-order chi connectivity index (χ1) is 6.15. The van der Waals surface area contributed by atoms with Crippen molar-refractivity contribution in [3.63, 3.8) is 0 Å². The molecule has 0 fully saturated rings. The fourth-order valence-electron chi connectivity index (χ4n) is 0.966. The number of benzene rings is 1. The number of rotatable bonds is 2. The van der Waals surface area contributed by atoms with E-state index in [0.29, 0.717) is 11.1 Å². The zero-order valence-corrected chi connectivity index (χ0v) is 6.90. The smallest absolute Gasteiger partial charge is 0.238 e. The second kappa shape index (κ2) is 3.70. The minimum absolute atomic E-state index is 0.467. The van der Waals surface area contributed by atoms with Crippen LogP contribution in [0.15, 0.2) is 24.3 Å². The monoisotopic (exact) mass is 175 g/mol. The lowest BCUT2D eigenvalue weighted by Gasteiger charge is -2.06. The Balaban J connectivity index is 3.03. The van der Waals surface area contributed by atoms with Crippen LogP contribution in [0.3, 0.4) is 0 Å². The summed E-state index contributed by atoms with van der Waals surface area (Å²) in [5.41, 5.74) is 11.5. The van der Waals surface area contributed by atoms with E-state index in [2.05, 4.69) is 0 Å². The van der Waals surface area contributed by atoms with Gasteiger partial charge in [-0.1, -0.05) is 12.1 Å². The molecule has 4 heteroatoms. The van der Waals surface area contributed by atoms with Crippen LogP contribution in [0.5, 0.6) is 0 Å². The van der Waals surface area contributed by atoms with E-state index in [1.807, 2.05) is 6.07 Å². The third kappa shape index (κ3) is 2.04. The fourth-order valence-corrected chi connectivity index (χ4v) is 0.966. The maximum absolute atomic E-state index is 10.7. The van der Waals surface area contributed by atoms with Gasteiger partial charge in [0.15, 0.2) is 0 Å². The maximum Gasteiger partial charge on any atom is 0.238 e. The summed E-state index contributed by atoms with van der Waals surface area (Å²) in [6.07, 6.45) is 0. The highest BCUT2D eigenvalue weighted by Gasteiger charge is 2.11. The molecule has 1 atom stereocenters. The molecule has 0 saturated heterocycles. The van der Waals surface area contributed by atoms with Crippen molar-refractivity contribution in [2.75, 3.05) is 0 Å². The van der Waals surface area contributed by atoms with E-state index in [1.165, 1.54) is 0 Å². The Bertz CT molecular complexity index is 367. The molecule has 0 radical (unpaired) electrons. The number of hydrogen-bond donors (Lipinski definition) is 2. The molecule has 0 heterocycles. The summed E-state index contributed by atoms with van der Waals surface area (Å²) in [7, 11) is 0. The van der Waals surface area contributed by atoms with E-state index in [0.717, 1.165) is 0 Å². The number of carbonyl (C=O) groups is 1. The zero-order chi connectivity index (χ0) is 9.84. The molecule has 66 valence electrons. The van der Waals surface area contributed by atoms with Gasteiger partial charge in [-0.05, 0) is 17.7 Å². The summed E-state index contributed by atoms with van der Waals surface area (Å²) >= 11 is 0. The molecule has 1 amide bonds. The summed E-state index contributed by atoms with van der Waals surface area (Å²) in [5, 5.41) is 8.58. The van der Waals surface area contributed by atoms with E-state index in [-0.39, 0.29) is 0 Å². The first-order valence-electron chi connectivity index (χ1n) is 3.70. The zero-order valence-electron chi connectivity index (χ0n) is 6.90. The summed E-state index contributed by atoms with van der Waals surface area (Å²) in [4.78, 5) is 10.7. The minimum Gasteiger partial charge on any atom is -0.368 e. The van der Waals surface area contributed by atoms with Gasteiger partial charge in [0, 0.05) is 0 Å². The van der Waals surface area contributed by atoms with Crippen LogP contribution in [-0.2, 0) is 4.79 Å². The largest absolute Gasteiger partial charge is 0.368 e. The molecular formula is C9H9N3O. The van der Waals surface area contributed by atoms with Crippen molar-refractivity contribution < 1.29 is 4.79 Å². The van der Waals surface area contributed by atoms with Crippen LogP contribution in [0.25, 0.3) is 0 Å². The van der Waals surface area contributed by atoms with E-state index < -0.39 is 11.9 Å². The minimum atomic E-state index is -0.840. The van der Waals surface area contributed by atoms with E-state index in [1.54, 1.807) is 24.3 Å². The molecule has 0 bridgehead atoms. The molecule has 0 aromatic heterocycles. The van der Waals surface area contributed by atoms with Gasteiger partial charge in [0.2, 0.25) is 5.91 Å². The summed E-state index contributed by atoms with van der Waals surface area (Å²) in [5.74, 6) is -0.602. The standard InChI is InChI=1S/C9H9N3O/c10-5-6-2-1-3-7(4-6)8(11)9(12)13/h1-4,8H,11H2,(H2,12,13). The number of amides is 1. The highest BCUT2D eigenvalue weighted by molar-refractivity contribution is 5.81. The SMILES string of the molecule is N#Cc1cccc(C(N)C(N)=O)c1. The third-order valence-corrected chi connectivity index (χ3v) is 1.68. The lowest BCUT2D eigenvalue weighted by Crippen LogP contribution is -2.28. The van der Waals surface area contributed by atoms with Gasteiger partial charge in [-0.15, -0.1) is 0 Å². The molecule has 1 aromatic carbocycles. The normalized spacial score (nSPS) is 11.7. The average Bonchev–Trinajstić information content (AvgIpc) is 2.16. The Morgan fingerprint density at radius 3 is 2.77 bits per heavy atom. The summed E-state index contributed by atoms with van der Waals surface area (Å²) in [6.45, 7) is 0. The van der Waals surface area contributed by atoms with Gasteiger partial charge in [-0.2, -0.15) is 5.26 Å². The molecule has 0 aliphatic carbocycles. The van der Waals surface area contributed by atoms with Gasteiger partial charge in [-0.3, -0.25) is 4.79 Å². The van der Waals surface area contributed by atoms with Gasteiger partial charge in [0.05, 0.1) is 11.6 Å². The highest BCUT2D eigenvalue weighted by atomic mass is 16.1. The maximum atomic E-state index is 10.7. The second-order valence-electron chi connectivity index (χ2n) is 2.62. The Morgan fingerprint density at radius 2 is 2.23 bits per heavy atom. The Hall–Kier alpha value is -1.86. The number of nitrogens with two attached hydrogens (primary N) is 2. The van der Waals surface area contributed by atoms with Crippen LogP contribution in [0, 0.1) is 11.3 Å². The molecular weight excluding hydrogens is 166 g/mol. The quantitative estimate of drug-likeness (QED) is 0.664. The van der Waals surface area contributed by atoms with Crippen molar-refractivity contribution in [1.82, 2.24) is 0 Å². The lowest BCUT2D eigenvalue weighted by molar-refractivity contribution is -0.119. The number of primary amides is 1. The Kier molecular flexibility index (Phi) is 2.62. The fraction of sp³-hybridized carbons (Fsp3) is 0.111. The molecule has 13 heavy (non-hydrogen) atoms. The predicted octanol–water partition coefficient (Wildman–Crippen LogP) is 0.0434. The Labute approximate surface area is 75.8 Å². The number of nitrogens with zero attached hydrogens (tertiary/aromatic N) is 1. The van der Waals surface area contributed by atoms with E-state index in [9.17, 15) is 4.79 Å². The third-order valence-electron chi connectivity index (χ3n) is 1.68. The Morgan fingerprint density at radius 1 is 1.54 bits per heavy atom. The van der Waals surface area contributed by atoms with Crippen molar-refractivity contribution in [3.05, 3.63) is 35.4 Å². The molecule has 0 aliphatic heterocycles. The van der Waals surface area contributed by atoms with Crippen molar-refractivity contribution in [2.45, 2.75) is 6.04 Å². The van der Waals surface area contributed by atoms with Gasteiger partial charge in [0.25, 0.3) is 0 Å². The topological polar surface area (TPSA) is 92.9 Å². The van der Waals surface area contributed by atoms with Crippen molar-refractivity contribution in [2.24, 2.45) is 11.5 Å². The van der Waals surface area contributed by atoms with Gasteiger partial charge in [-0.25, -0.2) is 0 Å². The van der Waals surface area contributed by atoms with Crippen LogP contribution in [-0.4, -0.2) is 5.91 Å². The van der Waals surface area contributed by atoms with Gasteiger partial charge < -0.3 is 11.5 Å². The van der Waals surface area contributed by atoms with Crippen molar-refractivity contribution in [1.29, 1.82) is 5.26 Å². The molecule has 1 unspecified atom stereocenters. The average molecular weight is 175 g/mol. The first-order valence-corrected chi connectivity index (χ1v) is 3.70. The van der Waals surface area contributed by atoms with Crippen molar-refractivity contribution >= 4 is 5.91 Å². The van der Waals surface area contributed by atoms with Crippen LogP contribution in [0.2, 0.25) is 0 Å². The molecule has 0 aliphatic rings. The number of carbonyl (C=O) groups excluding carboxylic acids is 1. The lowest BCUT2D eigenvalue weighted by atomic mass is 10.0. The number of nitriles is 1. The van der Waals surface area contributed by atoms with Crippen LogP contribution >= 0.6 is 0 Å². The summed E-state index contributed by atoms with van der Waals surface area (Å²) in [6, 6.07) is 7.63. The number of hydrogen-bond acceptors (Lipinski definition) is 3. The highest BCUT2D eigenvalue weighted by Crippen LogP contribution is 2.11. The van der Waals surface area contributed by atoms with Gasteiger partial charge in [0.1, 0.15) is 6.04 Å². The van der Waals surface area contributed by atoms with Crippen LogP contribution < -0.4 is 11.5 Å². The second-order valence-corrected chi connectivity index (χ2v) is 2.62.